The molecule has 0 aliphatic carbocycles. The summed E-state index contributed by atoms with van der Waals surface area (Å²) in [6.07, 6.45) is 3.05. The highest BCUT2D eigenvalue weighted by molar-refractivity contribution is 5.41. The molecule has 1 aromatic carbocycles. The van der Waals surface area contributed by atoms with E-state index in [1.807, 2.05) is 12.3 Å². The number of hydrogen-bond acceptors (Lipinski definition) is 3. The maximum absolute atomic E-state index is 4.46. The molecule has 2 aromatic rings. The summed E-state index contributed by atoms with van der Waals surface area (Å²) < 4.78 is 0. The van der Waals surface area contributed by atoms with Gasteiger partial charge in [0.25, 0.3) is 0 Å². The first-order valence-corrected chi connectivity index (χ1v) is 7.20. The third-order valence-corrected chi connectivity index (χ3v) is 3.22. The Balaban J connectivity index is 1.99. The van der Waals surface area contributed by atoms with Gasteiger partial charge in [-0.15, -0.1) is 0 Å². The highest BCUT2D eigenvalue weighted by Crippen LogP contribution is 2.14. The van der Waals surface area contributed by atoms with Crippen LogP contribution in [0.3, 0.4) is 0 Å². The molecule has 1 aromatic heterocycles. The second-order valence-electron chi connectivity index (χ2n) is 5.04. The molecule has 0 aliphatic heterocycles. The molecule has 0 saturated heterocycles. The largest absolute Gasteiger partial charge is 0.355 e. The molecule has 20 heavy (non-hydrogen) atoms. The molecular formula is C17H23N3. The summed E-state index contributed by atoms with van der Waals surface area (Å²) in [6.45, 7) is 5.01. The number of anilines is 1. The van der Waals surface area contributed by atoms with Gasteiger partial charge in [0.05, 0.1) is 0 Å². The molecule has 1 heterocycles. The van der Waals surface area contributed by atoms with Crippen LogP contribution in [-0.2, 0) is 13.1 Å². The minimum absolute atomic E-state index is 0.875. The smallest absolute Gasteiger partial charge is 0.128 e. The molecule has 3 nitrogen and oxygen atoms in total. The molecule has 0 atom stereocenters. The summed E-state index contributed by atoms with van der Waals surface area (Å²) in [5.74, 6) is 1.02. The summed E-state index contributed by atoms with van der Waals surface area (Å²) in [7, 11) is 2.08. The Hall–Kier alpha value is -1.87. The number of aromatic nitrogens is 1. The third-order valence-electron chi connectivity index (χ3n) is 3.22. The summed E-state index contributed by atoms with van der Waals surface area (Å²) in [4.78, 5) is 6.64. The lowest BCUT2D eigenvalue weighted by Crippen LogP contribution is -2.19. The van der Waals surface area contributed by atoms with Gasteiger partial charge in [-0.25, -0.2) is 4.98 Å². The molecule has 0 spiro atoms. The quantitative estimate of drug-likeness (QED) is 0.782. The normalized spacial score (nSPS) is 10.5. The Morgan fingerprint density at radius 1 is 1.10 bits per heavy atom. The highest BCUT2D eigenvalue weighted by Gasteiger charge is 2.04. The minimum Gasteiger partial charge on any atom is -0.355 e. The van der Waals surface area contributed by atoms with E-state index in [1.54, 1.807) is 0 Å². The summed E-state index contributed by atoms with van der Waals surface area (Å²) in [6, 6.07) is 14.7. The van der Waals surface area contributed by atoms with Crippen LogP contribution >= 0.6 is 0 Å². The van der Waals surface area contributed by atoms with Crippen molar-refractivity contribution in [3.05, 3.63) is 59.8 Å². The van der Waals surface area contributed by atoms with Crippen molar-refractivity contribution in [2.24, 2.45) is 0 Å². The lowest BCUT2D eigenvalue weighted by Gasteiger charge is -2.19. The van der Waals surface area contributed by atoms with Gasteiger partial charge in [-0.05, 0) is 36.2 Å². The molecular weight excluding hydrogens is 246 g/mol. The van der Waals surface area contributed by atoms with Crippen LogP contribution in [0.4, 0.5) is 5.82 Å². The van der Waals surface area contributed by atoms with Gasteiger partial charge < -0.3 is 10.2 Å². The van der Waals surface area contributed by atoms with Crippen LogP contribution in [-0.4, -0.2) is 18.6 Å². The Morgan fingerprint density at radius 3 is 2.65 bits per heavy atom. The fourth-order valence-electron chi connectivity index (χ4n) is 2.13. The van der Waals surface area contributed by atoms with E-state index < -0.39 is 0 Å². The van der Waals surface area contributed by atoms with Crippen molar-refractivity contribution >= 4 is 5.82 Å². The summed E-state index contributed by atoms with van der Waals surface area (Å²) >= 11 is 0. The Kier molecular flexibility index (Phi) is 5.56. The van der Waals surface area contributed by atoms with E-state index in [-0.39, 0.29) is 0 Å². The molecule has 0 bridgehead atoms. The first kappa shape index (κ1) is 14.5. The first-order chi connectivity index (χ1) is 9.79. The van der Waals surface area contributed by atoms with Gasteiger partial charge in [0.1, 0.15) is 5.82 Å². The van der Waals surface area contributed by atoms with Crippen LogP contribution in [0.2, 0.25) is 0 Å². The van der Waals surface area contributed by atoms with Crippen molar-refractivity contribution in [3.8, 4) is 0 Å². The molecule has 0 amide bonds. The lowest BCUT2D eigenvalue weighted by molar-refractivity contribution is 0.674. The summed E-state index contributed by atoms with van der Waals surface area (Å²) in [5, 5.41) is 3.42. The number of benzene rings is 1. The van der Waals surface area contributed by atoms with Crippen molar-refractivity contribution in [1.29, 1.82) is 0 Å². The van der Waals surface area contributed by atoms with Gasteiger partial charge >= 0.3 is 0 Å². The third kappa shape index (κ3) is 4.35. The standard InChI is InChI=1S/C17H23N3/c1-3-10-18-13-16-9-11-19-17(12-16)20(2)14-15-7-5-4-6-8-15/h4-9,11-12,18H,3,10,13-14H2,1-2H3. The van der Waals surface area contributed by atoms with E-state index in [0.29, 0.717) is 0 Å². The second-order valence-corrected chi connectivity index (χ2v) is 5.04. The van der Waals surface area contributed by atoms with Crippen molar-refractivity contribution in [2.75, 3.05) is 18.5 Å². The van der Waals surface area contributed by atoms with Crippen molar-refractivity contribution in [2.45, 2.75) is 26.4 Å². The monoisotopic (exact) mass is 269 g/mol. The molecule has 1 N–H and O–H groups in total. The van der Waals surface area contributed by atoms with Crippen LogP contribution in [0.25, 0.3) is 0 Å². The fourth-order valence-corrected chi connectivity index (χ4v) is 2.13. The van der Waals surface area contributed by atoms with E-state index in [9.17, 15) is 0 Å². The minimum atomic E-state index is 0.875. The number of pyridine rings is 1. The van der Waals surface area contributed by atoms with Crippen molar-refractivity contribution < 1.29 is 0 Å². The van der Waals surface area contributed by atoms with Gasteiger partial charge in [-0.2, -0.15) is 0 Å². The Labute approximate surface area is 121 Å². The Bertz CT molecular complexity index is 511. The molecule has 3 heteroatoms. The first-order valence-electron chi connectivity index (χ1n) is 7.20. The van der Waals surface area contributed by atoms with E-state index in [4.69, 9.17) is 0 Å². The van der Waals surface area contributed by atoms with Crippen LogP contribution in [0.5, 0.6) is 0 Å². The van der Waals surface area contributed by atoms with Crippen molar-refractivity contribution in [1.82, 2.24) is 10.3 Å². The number of nitrogens with one attached hydrogen (secondary N) is 1. The van der Waals surface area contributed by atoms with Crippen LogP contribution in [0, 0.1) is 0 Å². The molecule has 0 saturated carbocycles. The zero-order valence-electron chi connectivity index (χ0n) is 12.3. The number of hydrogen-bond donors (Lipinski definition) is 1. The van der Waals surface area contributed by atoms with Crippen LogP contribution < -0.4 is 10.2 Å². The SMILES string of the molecule is CCCNCc1ccnc(N(C)Cc2ccccc2)c1. The van der Waals surface area contributed by atoms with E-state index >= 15 is 0 Å². The Morgan fingerprint density at radius 2 is 1.90 bits per heavy atom. The average Bonchev–Trinajstić information content (AvgIpc) is 2.49. The van der Waals surface area contributed by atoms with Gasteiger partial charge in [0.2, 0.25) is 0 Å². The van der Waals surface area contributed by atoms with E-state index in [2.05, 4.69) is 65.6 Å². The topological polar surface area (TPSA) is 28.2 Å². The molecule has 0 radical (unpaired) electrons. The van der Waals surface area contributed by atoms with Crippen LogP contribution in [0.15, 0.2) is 48.7 Å². The number of rotatable bonds is 7. The van der Waals surface area contributed by atoms with Gasteiger partial charge in [0.15, 0.2) is 0 Å². The average molecular weight is 269 g/mol. The van der Waals surface area contributed by atoms with Gasteiger partial charge in [-0.1, -0.05) is 37.3 Å². The van der Waals surface area contributed by atoms with Gasteiger partial charge in [-0.3, -0.25) is 0 Å². The predicted octanol–water partition coefficient (Wildman–Crippen LogP) is 3.22. The molecule has 2 rings (SSSR count). The van der Waals surface area contributed by atoms with Gasteiger partial charge in [0, 0.05) is 26.3 Å². The van der Waals surface area contributed by atoms with E-state index in [0.717, 1.165) is 31.9 Å². The van der Waals surface area contributed by atoms with Crippen molar-refractivity contribution in [3.63, 3.8) is 0 Å². The molecule has 0 unspecified atom stereocenters. The summed E-state index contributed by atoms with van der Waals surface area (Å²) in [5.41, 5.74) is 2.58. The molecule has 0 fully saturated rings. The highest BCUT2D eigenvalue weighted by atomic mass is 15.2. The number of nitrogens with zero attached hydrogens (tertiary/aromatic N) is 2. The fraction of sp³-hybridized carbons (Fsp3) is 0.353. The molecule has 106 valence electrons. The maximum Gasteiger partial charge on any atom is 0.128 e. The predicted molar refractivity (Wildman–Crippen MR) is 84.8 cm³/mol. The van der Waals surface area contributed by atoms with Crippen LogP contribution in [0.1, 0.15) is 24.5 Å². The zero-order valence-corrected chi connectivity index (χ0v) is 12.3. The molecule has 0 aliphatic rings. The second kappa shape index (κ2) is 7.65. The van der Waals surface area contributed by atoms with E-state index in [1.165, 1.54) is 11.1 Å². The maximum atomic E-state index is 4.46. The zero-order chi connectivity index (χ0) is 14.2. The lowest BCUT2D eigenvalue weighted by atomic mass is 10.2.